The first-order valence-corrected chi connectivity index (χ1v) is 13.5. The zero-order valence-electron chi connectivity index (χ0n) is 23.9. The Morgan fingerprint density at radius 1 is 0.905 bits per heavy atom. The Kier molecular flexibility index (Phi) is 13.3. The number of carbonyl (C=O) groups excluding carboxylic acids is 1. The molecule has 0 saturated heterocycles. The van der Waals surface area contributed by atoms with E-state index in [1.807, 2.05) is 38.0 Å². The lowest BCUT2D eigenvalue weighted by Gasteiger charge is -2.13. The zero-order valence-corrected chi connectivity index (χ0v) is 25.5. The number of benzene rings is 2. The van der Waals surface area contributed by atoms with Crippen molar-refractivity contribution in [3.05, 3.63) is 84.9 Å². The molecule has 0 bridgehead atoms. The number of esters is 1. The van der Waals surface area contributed by atoms with Gasteiger partial charge in [-0.1, -0.05) is 0 Å². The van der Waals surface area contributed by atoms with E-state index in [4.69, 9.17) is 14.2 Å². The van der Waals surface area contributed by atoms with Crippen molar-refractivity contribution in [2.75, 3.05) is 61.1 Å². The molecule has 0 aliphatic rings. The second kappa shape index (κ2) is 16.4. The van der Waals surface area contributed by atoms with Gasteiger partial charge >= 0.3 is 11.7 Å². The molecule has 3 aromatic rings. The Morgan fingerprint density at radius 2 is 1.43 bits per heavy atom. The van der Waals surface area contributed by atoms with Gasteiger partial charge in [-0.25, -0.2) is 4.79 Å². The van der Waals surface area contributed by atoms with Crippen LogP contribution in [0.2, 0.25) is 0 Å². The normalized spacial score (nSPS) is 10.7. The van der Waals surface area contributed by atoms with E-state index in [0.29, 0.717) is 42.3 Å². The summed E-state index contributed by atoms with van der Waals surface area (Å²) in [5.41, 5.74) is -0.267. The summed E-state index contributed by atoms with van der Waals surface area (Å²) in [6.07, 6.45) is 1.58. The van der Waals surface area contributed by atoms with Gasteiger partial charge in [0.15, 0.2) is 0 Å². The molecule has 1 heterocycles. The Balaban J connectivity index is 0.000000330. The molecular weight excluding hydrogens is 621 g/mol. The lowest BCUT2D eigenvalue weighted by atomic mass is 10.2. The van der Waals surface area contributed by atoms with Crippen LogP contribution in [0.3, 0.4) is 0 Å². The first kappa shape index (κ1) is 34.1. The largest absolute Gasteiger partial charge is 0.492 e. The Morgan fingerprint density at radius 3 is 1.90 bits per heavy atom. The van der Waals surface area contributed by atoms with Crippen molar-refractivity contribution in [1.82, 2.24) is 14.4 Å². The number of halogens is 2. The van der Waals surface area contributed by atoms with Crippen molar-refractivity contribution >= 4 is 33.3 Å². The van der Waals surface area contributed by atoms with Crippen LogP contribution in [0.5, 0.6) is 11.5 Å². The fourth-order valence-electron chi connectivity index (χ4n) is 3.35. The summed E-state index contributed by atoms with van der Waals surface area (Å²) >= 11 is 3.30. The van der Waals surface area contributed by atoms with E-state index in [2.05, 4.69) is 15.9 Å². The highest BCUT2D eigenvalue weighted by molar-refractivity contribution is 9.10. The molecule has 0 atom stereocenters. The molecule has 0 fully saturated rings. The second-order valence-electron chi connectivity index (χ2n) is 9.22. The molecule has 228 valence electrons. The van der Waals surface area contributed by atoms with Crippen LogP contribution in [0.15, 0.2) is 53.1 Å². The topological polar surface area (TPSA) is 142 Å². The summed E-state index contributed by atoms with van der Waals surface area (Å²) in [5, 5.41) is 21.8. The van der Waals surface area contributed by atoms with Gasteiger partial charge < -0.3 is 28.6 Å². The van der Waals surface area contributed by atoms with Crippen LogP contribution >= 0.6 is 15.9 Å². The predicted molar refractivity (Wildman–Crippen MR) is 157 cm³/mol. The van der Waals surface area contributed by atoms with E-state index >= 15 is 0 Å². The minimum Gasteiger partial charge on any atom is -0.492 e. The van der Waals surface area contributed by atoms with E-state index in [9.17, 15) is 29.4 Å². The van der Waals surface area contributed by atoms with E-state index in [1.165, 1.54) is 16.7 Å². The van der Waals surface area contributed by atoms with E-state index in [0.717, 1.165) is 12.1 Å². The average Bonchev–Trinajstić information content (AvgIpc) is 3.30. The monoisotopic (exact) mass is 653 g/mol. The molecule has 1 aromatic heterocycles. The molecular formula is C27H33BrFN5O8. The highest BCUT2D eigenvalue weighted by Gasteiger charge is 2.23. The minimum absolute atomic E-state index is 0.140. The maximum Gasteiger partial charge on any atom is 0.355 e. The van der Waals surface area contributed by atoms with Crippen molar-refractivity contribution < 1.29 is 33.2 Å². The van der Waals surface area contributed by atoms with Crippen LogP contribution in [0.4, 0.5) is 15.8 Å². The van der Waals surface area contributed by atoms with Crippen LogP contribution < -0.4 is 9.47 Å². The molecule has 2 aromatic carbocycles. The van der Waals surface area contributed by atoms with Crippen LogP contribution in [0.1, 0.15) is 17.4 Å². The van der Waals surface area contributed by atoms with Crippen molar-refractivity contribution in [3.8, 4) is 17.2 Å². The minimum atomic E-state index is -0.882. The molecule has 3 rings (SSSR count). The van der Waals surface area contributed by atoms with Gasteiger partial charge in [-0.2, -0.15) is 4.39 Å². The number of rotatable bonds is 13. The third-order valence-electron chi connectivity index (χ3n) is 5.40. The summed E-state index contributed by atoms with van der Waals surface area (Å²) < 4.78 is 31.1. The van der Waals surface area contributed by atoms with Gasteiger partial charge in [-0.05, 0) is 69.2 Å². The third-order valence-corrected chi connectivity index (χ3v) is 5.84. The van der Waals surface area contributed by atoms with Crippen molar-refractivity contribution in [3.63, 3.8) is 0 Å². The lowest BCUT2D eigenvalue weighted by Crippen LogP contribution is -2.19. The number of nitro groups is 2. The zero-order chi connectivity index (χ0) is 31.4. The fraction of sp³-hybridized carbons (Fsp3) is 0.370. The van der Waals surface area contributed by atoms with E-state index in [1.54, 1.807) is 31.3 Å². The quantitative estimate of drug-likeness (QED) is 0.141. The number of hydrogen-bond acceptors (Lipinski definition) is 10. The predicted octanol–water partition coefficient (Wildman–Crippen LogP) is 4.94. The number of nitrogens with zero attached hydrogens (tertiary/aromatic N) is 5. The molecule has 0 unspecified atom stereocenters. The highest BCUT2D eigenvalue weighted by atomic mass is 79.9. The van der Waals surface area contributed by atoms with Gasteiger partial charge in [0.1, 0.15) is 36.1 Å². The molecule has 42 heavy (non-hydrogen) atoms. The SMILES string of the molecule is CCOC(=O)c1cc(Br)cn1-c1cc(OCCN(C)C)ccc1[N+](=O)[O-].CN(C)CCOc1ccc([N+](=O)[O-])c(F)c1. The molecule has 0 spiro atoms. The standard InChI is InChI=1S/C17H20BrN3O5.C10H13FN2O3/c1-4-25-17(22)16-9-12(18)11-20(16)15-10-13(26-8-7-19(2)3)5-6-14(15)21(23)24;1-12(2)5-6-16-8-3-4-10(13(14)15)9(11)7-8/h5-6,9-11H,4,7-8H2,1-3H3;3-4,7H,5-6H2,1-2H3. The number of ether oxygens (including phenoxy) is 3. The van der Waals surface area contributed by atoms with Gasteiger partial charge in [0.05, 0.1) is 16.5 Å². The number of likely N-dealkylation sites (N-methyl/N-ethyl adjacent to an activating group) is 2. The summed E-state index contributed by atoms with van der Waals surface area (Å²) in [6.45, 7) is 4.14. The van der Waals surface area contributed by atoms with E-state index < -0.39 is 27.3 Å². The van der Waals surface area contributed by atoms with Gasteiger partial charge in [0.2, 0.25) is 5.82 Å². The van der Waals surface area contributed by atoms with Crippen LogP contribution in [0, 0.1) is 26.0 Å². The molecule has 0 amide bonds. The highest BCUT2D eigenvalue weighted by Crippen LogP contribution is 2.31. The Labute approximate surface area is 250 Å². The summed E-state index contributed by atoms with van der Waals surface area (Å²) in [4.78, 5) is 36.6. The lowest BCUT2D eigenvalue weighted by molar-refractivity contribution is -0.387. The summed E-state index contributed by atoms with van der Waals surface area (Å²) in [6, 6.07) is 9.51. The maximum atomic E-state index is 13.2. The second-order valence-corrected chi connectivity index (χ2v) is 10.1. The van der Waals surface area contributed by atoms with Gasteiger partial charge in [0, 0.05) is 48.0 Å². The smallest absolute Gasteiger partial charge is 0.355 e. The van der Waals surface area contributed by atoms with Crippen LogP contribution in [0.25, 0.3) is 5.69 Å². The summed E-state index contributed by atoms with van der Waals surface area (Å²) in [7, 11) is 7.63. The third kappa shape index (κ3) is 10.4. The molecule has 0 radical (unpaired) electrons. The van der Waals surface area contributed by atoms with E-state index in [-0.39, 0.29) is 23.7 Å². The number of carbonyl (C=O) groups is 1. The molecule has 13 nitrogen and oxygen atoms in total. The van der Waals surface area contributed by atoms with Crippen molar-refractivity contribution in [1.29, 1.82) is 0 Å². The fourth-order valence-corrected chi connectivity index (χ4v) is 3.77. The molecule has 0 saturated carbocycles. The van der Waals surface area contributed by atoms with Crippen molar-refractivity contribution in [2.45, 2.75) is 6.92 Å². The number of nitro benzene ring substituents is 2. The molecule has 15 heteroatoms. The van der Waals surface area contributed by atoms with Crippen molar-refractivity contribution in [2.24, 2.45) is 0 Å². The van der Waals surface area contributed by atoms with Gasteiger partial charge in [-0.15, -0.1) is 0 Å². The first-order valence-electron chi connectivity index (χ1n) is 12.7. The maximum absolute atomic E-state index is 13.2. The Bertz CT molecular complexity index is 1380. The first-order chi connectivity index (χ1) is 19.8. The molecule has 0 N–H and O–H groups in total. The van der Waals surface area contributed by atoms with Gasteiger partial charge in [-0.3, -0.25) is 20.2 Å². The van der Waals surface area contributed by atoms with Crippen LogP contribution in [-0.2, 0) is 4.74 Å². The van der Waals surface area contributed by atoms with Crippen LogP contribution in [-0.4, -0.2) is 91.3 Å². The summed E-state index contributed by atoms with van der Waals surface area (Å²) in [5.74, 6) is -0.671. The molecule has 0 aliphatic heterocycles. The molecule has 0 aliphatic carbocycles. The number of aromatic nitrogens is 1. The Hall–Kier alpha value is -4.08. The number of hydrogen-bond donors (Lipinski definition) is 0. The average molecular weight is 654 g/mol. The van der Waals surface area contributed by atoms with Gasteiger partial charge in [0.25, 0.3) is 5.69 Å².